The Labute approximate surface area is 288 Å². The van der Waals surface area contributed by atoms with Crippen LogP contribution in [0, 0.1) is 6.07 Å². The van der Waals surface area contributed by atoms with Gasteiger partial charge < -0.3 is 5.32 Å². The van der Waals surface area contributed by atoms with E-state index in [0.717, 1.165) is 73.0 Å². The van der Waals surface area contributed by atoms with Gasteiger partial charge in [-0.25, -0.2) is 4.98 Å². The third-order valence-electron chi connectivity index (χ3n) is 8.14. The summed E-state index contributed by atoms with van der Waals surface area (Å²) in [7, 11) is 0. The molecule has 0 aliphatic heterocycles. The fraction of sp³-hybridized carbons (Fsp3) is 0. The predicted molar refractivity (Wildman–Crippen MR) is 189 cm³/mol. The summed E-state index contributed by atoms with van der Waals surface area (Å²) in [4.78, 5) is 10.0. The second kappa shape index (κ2) is 13.4. The number of benzene rings is 6. The maximum Gasteiger partial charge on any atom is 2.00 e. The molecule has 0 saturated carbocycles. The SMILES string of the molecule is [Pt+2].[c-]1ccccc1-c1cccc2c1nc(-c1ccccc1[N-]c1ccccc1-c1ccccn1)n2-c1ccccc1-c1ccccc1. The summed E-state index contributed by atoms with van der Waals surface area (Å²) in [5.41, 5.74) is 11.7. The molecule has 0 fully saturated rings. The van der Waals surface area contributed by atoms with Crippen molar-refractivity contribution in [3.05, 3.63) is 181 Å². The van der Waals surface area contributed by atoms with Crippen LogP contribution in [0.2, 0.25) is 0 Å². The summed E-state index contributed by atoms with van der Waals surface area (Å²) in [6.45, 7) is 0. The zero-order valence-electron chi connectivity index (χ0n) is 25.3. The summed E-state index contributed by atoms with van der Waals surface area (Å²) in [6.07, 6.45) is 1.81. The van der Waals surface area contributed by atoms with E-state index in [1.54, 1.807) is 0 Å². The van der Waals surface area contributed by atoms with Crippen LogP contribution >= 0.6 is 0 Å². The third kappa shape index (κ3) is 5.80. The number of hydrogen-bond donors (Lipinski definition) is 0. The van der Waals surface area contributed by atoms with Crippen LogP contribution in [0.5, 0.6) is 0 Å². The van der Waals surface area contributed by atoms with Gasteiger partial charge in [0.05, 0.1) is 22.4 Å². The number of hydrogen-bond acceptors (Lipinski definition) is 2. The van der Waals surface area contributed by atoms with Gasteiger partial charge >= 0.3 is 21.1 Å². The summed E-state index contributed by atoms with van der Waals surface area (Å²) in [5, 5.41) is 5.26. The first-order valence-electron chi connectivity index (χ1n) is 15.3. The molecule has 0 atom stereocenters. The van der Waals surface area contributed by atoms with Gasteiger partial charge in [-0.3, -0.25) is 9.55 Å². The second-order valence-corrected chi connectivity index (χ2v) is 11.0. The third-order valence-corrected chi connectivity index (χ3v) is 8.14. The molecule has 47 heavy (non-hydrogen) atoms. The van der Waals surface area contributed by atoms with Crippen LogP contribution in [0.15, 0.2) is 170 Å². The number of aromatic nitrogens is 3. The molecule has 0 amide bonds. The number of para-hydroxylation sites is 4. The number of imidazole rings is 1. The summed E-state index contributed by atoms with van der Waals surface area (Å²) in [5.74, 6) is 0.816. The minimum atomic E-state index is 0. The Morgan fingerprint density at radius 1 is 0.532 bits per heavy atom. The van der Waals surface area contributed by atoms with Crippen molar-refractivity contribution in [2.45, 2.75) is 0 Å². The smallest absolute Gasteiger partial charge is 0.657 e. The van der Waals surface area contributed by atoms with Gasteiger partial charge in [0.2, 0.25) is 0 Å². The van der Waals surface area contributed by atoms with Crippen molar-refractivity contribution in [1.29, 1.82) is 0 Å². The normalized spacial score (nSPS) is 10.8. The van der Waals surface area contributed by atoms with Crippen molar-refractivity contribution in [2.75, 3.05) is 0 Å². The molecular weight excluding hydrogens is 756 g/mol. The fourth-order valence-corrected chi connectivity index (χ4v) is 6.03. The molecule has 8 aromatic rings. The standard InChI is InChI=1S/C42H28N4.Pt/c1-3-16-30(17-4-1)32-20-9-12-27-39(32)46-40-28-15-23-33(31-18-5-2-6-19-31)41(40)45-42(46)35-22-8-11-26-38(35)44-37-25-10-7-21-34(37)36-24-13-14-29-43-36;/h1-18,20-29H;/q-2;+2. The van der Waals surface area contributed by atoms with Gasteiger partial charge in [-0.2, -0.15) is 0 Å². The van der Waals surface area contributed by atoms with Crippen molar-refractivity contribution in [3.63, 3.8) is 0 Å². The predicted octanol–water partition coefficient (Wildman–Crippen LogP) is 11.2. The molecule has 8 rings (SSSR count). The van der Waals surface area contributed by atoms with E-state index in [1.165, 1.54) is 0 Å². The minimum Gasteiger partial charge on any atom is -0.657 e. The molecule has 0 N–H and O–H groups in total. The Morgan fingerprint density at radius 2 is 1.19 bits per heavy atom. The van der Waals surface area contributed by atoms with Gasteiger partial charge in [-0.1, -0.05) is 121 Å². The average Bonchev–Trinajstić information content (AvgIpc) is 3.53. The number of fused-ring (bicyclic) bond motifs is 1. The largest absolute Gasteiger partial charge is 2.00 e. The zero-order chi connectivity index (χ0) is 30.7. The Bertz CT molecular complexity index is 2280. The molecule has 2 heterocycles. The average molecular weight is 784 g/mol. The van der Waals surface area contributed by atoms with E-state index in [9.17, 15) is 0 Å². The first-order valence-corrected chi connectivity index (χ1v) is 15.3. The van der Waals surface area contributed by atoms with Crippen molar-refractivity contribution in [3.8, 4) is 50.6 Å². The molecule has 0 radical (unpaired) electrons. The van der Waals surface area contributed by atoms with Crippen LogP contribution in [-0.2, 0) is 21.1 Å². The molecule has 6 aromatic carbocycles. The van der Waals surface area contributed by atoms with Gasteiger partial charge in [0, 0.05) is 17.3 Å². The van der Waals surface area contributed by atoms with Crippen molar-refractivity contribution in [1.82, 2.24) is 14.5 Å². The van der Waals surface area contributed by atoms with Crippen LogP contribution < -0.4 is 0 Å². The molecule has 0 unspecified atom stereocenters. The molecule has 0 aliphatic carbocycles. The van der Waals surface area contributed by atoms with Gasteiger partial charge in [-0.15, -0.1) is 47.3 Å². The van der Waals surface area contributed by atoms with E-state index >= 15 is 0 Å². The molecule has 0 saturated heterocycles. The van der Waals surface area contributed by atoms with Crippen LogP contribution in [-0.4, -0.2) is 14.5 Å². The zero-order valence-corrected chi connectivity index (χ0v) is 27.5. The Morgan fingerprint density at radius 3 is 1.96 bits per heavy atom. The van der Waals surface area contributed by atoms with Gasteiger partial charge in [0.1, 0.15) is 5.82 Å². The molecule has 2 aromatic heterocycles. The summed E-state index contributed by atoms with van der Waals surface area (Å²) >= 11 is 0. The molecule has 4 nitrogen and oxygen atoms in total. The number of nitrogens with zero attached hydrogens (tertiary/aromatic N) is 4. The maximum absolute atomic E-state index is 5.42. The molecule has 226 valence electrons. The van der Waals surface area contributed by atoms with E-state index in [1.807, 2.05) is 72.9 Å². The second-order valence-electron chi connectivity index (χ2n) is 11.0. The Balaban J connectivity index is 0.00000351. The van der Waals surface area contributed by atoms with Crippen LogP contribution in [0.25, 0.3) is 66.9 Å². The van der Waals surface area contributed by atoms with E-state index in [2.05, 4.69) is 113 Å². The summed E-state index contributed by atoms with van der Waals surface area (Å²) < 4.78 is 2.28. The summed E-state index contributed by atoms with van der Waals surface area (Å²) in [6, 6.07) is 59.2. The molecule has 0 spiro atoms. The Hall–Kier alpha value is -5.57. The van der Waals surface area contributed by atoms with Crippen molar-refractivity contribution in [2.24, 2.45) is 0 Å². The van der Waals surface area contributed by atoms with Crippen LogP contribution in [0.1, 0.15) is 0 Å². The van der Waals surface area contributed by atoms with E-state index in [-0.39, 0.29) is 21.1 Å². The first-order chi connectivity index (χ1) is 22.8. The van der Waals surface area contributed by atoms with E-state index in [0.29, 0.717) is 0 Å². The quantitative estimate of drug-likeness (QED) is 0.151. The van der Waals surface area contributed by atoms with Gasteiger partial charge in [0.15, 0.2) is 0 Å². The topological polar surface area (TPSA) is 44.8 Å². The first kappa shape index (κ1) is 30.1. The fourth-order valence-electron chi connectivity index (χ4n) is 6.03. The van der Waals surface area contributed by atoms with E-state index in [4.69, 9.17) is 10.3 Å². The van der Waals surface area contributed by atoms with Crippen molar-refractivity contribution < 1.29 is 21.1 Å². The Kier molecular flexibility index (Phi) is 8.60. The molecule has 0 aliphatic rings. The monoisotopic (exact) mass is 783 g/mol. The van der Waals surface area contributed by atoms with Crippen LogP contribution in [0.4, 0.5) is 11.4 Å². The maximum atomic E-state index is 5.42. The van der Waals surface area contributed by atoms with Crippen LogP contribution in [0.3, 0.4) is 0 Å². The minimum absolute atomic E-state index is 0. The van der Waals surface area contributed by atoms with Gasteiger partial charge in [0.25, 0.3) is 0 Å². The van der Waals surface area contributed by atoms with Crippen molar-refractivity contribution >= 4 is 22.4 Å². The number of rotatable bonds is 7. The van der Waals surface area contributed by atoms with E-state index < -0.39 is 0 Å². The molecule has 5 heteroatoms. The van der Waals surface area contributed by atoms with Gasteiger partial charge in [-0.05, 0) is 35.4 Å². The molecular formula is C42H28N4Pt. The molecule has 0 bridgehead atoms. The number of pyridine rings is 1.